The Morgan fingerprint density at radius 3 is 2.27 bits per heavy atom. The minimum Gasteiger partial charge on any atom is -0.205 e. The van der Waals surface area contributed by atoms with Crippen LogP contribution in [0, 0.1) is 40.8 Å². The summed E-state index contributed by atoms with van der Waals surface area (Å²) in [6.07, 6.45) is 12.1. The van der Waals surface area contributed by atoms with E-state index in [9.17, 15) is 0 Å². The van der Waals surface area contributed by atoms with Crippen LogP contribution < -0.4 is 0 Å². The molecule has 3 aromatic rings. The number of hydrogen-bond donors (Lipinski definition) is 0. The van der Waals surface area contributed by atoms with Crippen molar-refractivity contribution in [3.63, 3.8) is 0 Å². The summed E-state index contributed by atoms with van der Waals surface area (Å²) in [7, 11) is 0. The molecule has 0 aromatic heterocycles. The van der Waals surface area contributed by atoms with Crippen LogP contribution in [0.3, 0.4) is 0 Å². The molecule has 1 aliphatic carbocycles. The van der Waals surface area contributed by atoms with Crippen molar-refractivity contribution in [3.05, 3.63) is 95.3 Å². The quantitative estimate of drug-likeness (QED) is 0.285. The van der Waals surface area contributed by atoms with Gasteiger partial charge in [-0.3, -0.25) is 0 Å². The third-order valence-corrected chi connectivity index (χ3v) is 6.96. The molecular weight excluding hydrogens is 405 g/mol. The Balaban J connectivity index is 1.39. The molecule has 3 aromatic carbocycles. The molecule has 1 saturated carbocycles. The number of nitriles is 1. The maximum Gasteiger partial charge on any atom is 0.146 e. The lowest BCUT2D eigenvalue weighted by Gasteiger charge is -2.28. The van der Waals surface area contributed by atoms with Crippen LogP contribution in [0.4, 0.5) is 4.39 Å². The van der Waals surface area contributed by atoms with Crippen molar-refractivity contribution < 1.29 is 4.39 Å². The topological polar surface area (TPSA) is 23.8 Å². The van der Waals surface area contributed by atoms with Gasteiger partial charge in [-0.2, -0.15) is 5.26 Å². The highest BCUT2D eigenvalue weighted by Gasteiger charge is 2.20. The highest BCUT2D eigenvalue weighted by atomic mass is 19.1. The van der Waals surface area contributed by atoms with Crippen LogP contribution in [0.5, 0.6) is 0 Å². The van der Waals surface area contributed by atoms with Gasteiger partial charge in [0.05, 0.1) is 17.2 Å². The van der Waals surface area contributed by atoms with E-state index in [-0.39, 0.29) is 5.82 Å². The lowest BCUT2D eigenvalue weighted by Crippen LogP contribution is -2.15. The van der Waals surface area contributed by atoms with Crippen LogP contribution in [0.25, 0.3) is 10.8 Å². The number of hydrogen-bond acceptors (Lipinski definition) is 1. The average Bonchev–Trinajstić information content (AvgIpc) is 2.86. The Morgan fingerprint density at radius 1 is 0.879 bits per heavy atom. The standard InChI is InChI=1S/C31H30FN/c1-2-3-4-23-5-7-24(8-6-23)9-12-26-16-20-30-29(21-26)19-18-28(31(30)32)17-15-25-10-13-27(22-33)14-11-25/h2,10-11,13-14,16,18-21,23-24H,1,3-9,12H2. The minimum absolute atomic E-state index is 0.266. The monoisotopic (exact) mass is 435 g/mol. The van der Waals surface area contributed by atoms with Crippen LogP contribution in [0.2, 0.25) is 0 Å². The number of benzene rings is 3. The van der Waals surface area contributed by atoms with Gasteiger partial charge in [-0.15, -0.1) is 6.58 Å². The summed E-state index contributed by atoms with van der Waals surface area (Å²) in [5.74, 6) is 7.38. The molecule has 0 N–H and O–H groups in total. The second-order valence-electron chi connectivity index (χ2n) is 9.21. The molecule has 0 atom stereocenters. The normalized spacial score (nSPS) is 17.7. The molecular formula is C31H30FN. The SMILES string of the molecule is C=CCCC1CCC(CCc2ccc3c(F)c(C#Cc4ccc(C#N)cc4)ccc3c2)CC1. The number of fused-ring (bicyclic) bond motifs is 1. The molecule has 1 nitrogen and oxygen atoms in total. The first-order valence-corrected chi connectivity index (χ1v) is 12.0. The van der Waals surface area contributed by atoms with Gasteiger partial charge in [-0.25, -0.2) is 4.39 Å². The van der Waals surface area contributed by atoms with Crippen LogP contribution in [0.1, 0.15) is 67.2 Å². The second-order valence-corrected chi connectivity index (χ2v) is 9.21. The van der Waals surface area contributed by atoms with E-state index in [1.165, 1.54) is 44.1 Å². The Morgan fingerprint density at radius 2 is 1.58 bits per heavy atom. The summed E-state index contributed by atoms with van der Waals surface area (Å²) in [5, 5.41) is 10.4. The lowest BCUT2D eigenvalue weighted by molar-refractivity contribution is 0.254. The molecule has 0 unspecified atom stereocenters. The molecule has 166 valence electrons. The van der Waals surface area contributed by atoms with Gasteiger partial charge in [-0.05, 0) is 78.8 Å². The molecule has 33 heavy (non-hydrogen) atoms. The molecule has 0 heterocycles. The minimum atomic E-state index is -0.266. The highest BCUT2D eigenvalue weighted by molar-refractivity contribution is 5.85. The maximum atomic E-state index is 15.1. The fraction of sp³-hybridized carbons (Fsp3) is 0.323. The van der Waals surface area contributed by atoms with Crippen LogP contribution in [0.15, 0.2) is 67.3 Å². The molecule has 1 fully saturated rings. The van der Waals surface area contributed by atoms with E-state index in [1.807, 2.05) is 18.2 Å². The molecule has 0 saturated heterocycles. The largest absolute Gasteiger partial charge is 0.205 e. The number of aryl methyl sites for hydroxylation is 1. The molecule has 0 amide bonds. The summed E-state index contributed by atoms with van der Waals surface area (Å²) < 4.78 is 15.1. The van der Waals surface area contributed by atoms with Gasteiger partial charge >= 0.3 is 0 Å². The summed E-state index contributed by atoms with van der Waals surface area (Å²) in [4.78, 5) is 0. The predicted molar refractivity (Wildman–Crippen MR) is 134 cm³/mol. The van der Waals surface area contributed by atoms with Gasteiger partial charge in [0.1, 0.15) is 5.82 Å². The van der Waals surface area contributed by atoms with E-state index in [0.717, 1.165) is 35.6 Å². The molecule has 0 radical (unpaired) electrons. The summed E-state index contributed by atoms with van der Waals surface area (Å²) >= 11 is 0. The van der Waals surface area contributed by atoms with E-state index < -0.39 is 0 Å². The second kappa shape index (κ2) is 11.0. The third kappa shape index (κ3) is 5.91. The molecule has 2 heteroatoms. The molecule has 0 spiro atoms. The van der Waals surface area contributed by atoms with E-state index in [1.54, 1.807) is 30.3 Å². The van der Waals surface area contributed by atoms with Crippen molar-refractivity contribution in [1.29, 1.82) is 5.26 Å². The fourth-order valence-corrected chi connectivity index (χ4v) is 4.89. The van der Waals surface area contributed by atoms with Gasteiger partial charge in [0.2, 0.25) is 0 Å². The Bertz CT molecular complexity index is 1210. The Kier molecular flexibility index (Phi) is 7.59. The van der Waals surface area contributed by atoms with Gasteiger partial charge < -0.3 is 0 Å². The highest BCUT2D eigenvalue weighted by Crippen LogP contribution is 2.34. The molecule has 0 aliphatic heterocycles. The molecule has 4 rings (SSSR count). The van der Waals surface area contributed by atoms with E-state index >= 15 is 4.39 Å². The van der Waals surface area contributed by atoms with Crippen molar-refractivity contribution in [2.24, 2.45) is 11.8 Å². The van der Waals surface area contributed by atoms with Gasteiger partial charge in [0.25, 0.3) is 0 Å². The van der Waals surface area contributed by atoms with E-state index in [0.29, 0.717) is 16.5 Å². The van der Waals surface area contributed by atoms with E-state index in [4.69, 9.17) is 5.26 Å². The zero-order valence-corrected chi connectivity index (χ0v) is 19.1. The smallest absolute Gasteiger partial charge is 0.146 e. The van der Waals surface area contributed by atoms with Gasteiger partial charge in [0.15, 0.2) is 0 Å². The lowest BCUT2D eigenvalue weighted by atomic mass is 9.78. The predicted octanol–water partition coefficient (Wildman–Crippen LogP) is 7.96. The first-order chi connectivity index (χ1) is 16.2. The van der Waals surface area contributed by atoms with Crippen molar-refractivity contribution in [3.8, 4) is 17.9 Å². The van der Waals surface area contributed by atoms with Crippen molar-refractivity contribution in [2.75, 3.05) is 0 Å². The summed E-state index contributed by atoms with van der Waals surface area (Å²) in [6.45, 7) is 3.84. The first kappa shape index (κ1) is 22.8. The van der Waals surface area contributed by atoms with Crippen LogP contribution in [-0.2, 0) is 6.42 Å². The fourth-order valence-electron chi connectivity index (χ4n) is 4.89. The summed E-state index contributed by atoms with van der Waals surface area (Å²) in [5.41, 5.74) is 3.03. The zero-order valence-electron chi connectivity index (χ0n) is 19.1. The van der Waals surface area contributed by atoms with Crippen molar-refractivity contribution >= 4 is 10.8 Å². The first-order valence-electron chi connectivity index (χ1n) is 12.0. The van der Waals surface area contributed by atoms with Crippen LogP contribution >= 0.6 is 0 Å². The van der Waals surface area contributed by atoms with Crippen LogP contribution in [-0.4, -0.2) is 0 Å². The molecule has 0 bridgehead atoms. The number of nitrogens with zero attached hydrogens (tertiary/aromatic N) is 1. The van der Waals surface area contributed by atoms with E-state index in [2.05, 4.69) is 36.6 Å². The van der Waals surface area contributed by atoms with Gasteiger partial charge in [-0.1, -0.05) is 67.9 Å². The number of halogens is 1. The zero-order chi connectivity index (χ0) is 23.0. The summed E-state index contributed by atoms with van der Waals surface area (Å²) in [6, 6.07) is 18.9. The molecule has 1 aliphatic rings. The number of allylic oxidation sites excluding steroid dienone is 1. The number of rotatable bonds is 6. The average molecular weight is 436 g/mol. The van der Waals surface area contributed by atoms with Crippen molar-refractivity contribution in [1.82, 2.24) is 0 Å². The Hall–Kier alpha value is -3.36. The Labute approximate surface area is 197 Å². The van der Waals surface area contributed by atoms with Gasteiger partial charge in [0, 0.05) is 10.9 Å². The third-order valence-electron chi connectivity index (χ3n) is 6.96. The maximum absolute atomic E-state index is 15.1. The van der Waals surface area contributed by atoms with Crippen molar-refractivity contribution in [2.45, 2.75) is 51.4 Å².